The summed E-state index contributed by atoms with van der Waals surface area (Å²) < 4.78 is 0. The summed E-state index contributed by atoms with van der Waals surface area (Å²) in [7, 11) is 0. The second-order valence-electron chi connectivity index (χ2n) is 1.35. The third kappa shape index (κ3) is 1.34. The average molecular weight is 154 g/mol. The minimum atomic E-state index is -0.634. The summed E-state index contributed by atoms with van der Waals surface area (Å²) in [5.74, 6) is -0.634. The molecule has 0 saturated carbocycles. The maximum atomic E-state index is 10.6. The van der Waals surface area contributed by atoms with Gasteiger partial charge in [-0.1, -0.05) is 0 Å². The topological polar surface area (TPSA) is 59.4 Å². The lowest BCUT2D eigenvalue weighted by atomic mass is 10.7. The molecule has 0 atom stereocenters. The maximum absolute atomic E-state index is 10.6. The second kappa shape index (κ2) is 3.00. The molecular weight excluding hydrogens is 152 g/mol. The van der Waals surface area contributed by atoms with E-state index in [0.717, 1.165) is 17.4 Å². The van der Waals surface area contributed by atoms with Crippen LogP contribution in [0.2, 0.25) is 0 Å². The van der Waals surface area contributed by atoms with Crippen molar-refractivity contribution >= 4 is 23.3 Å². The van der Waals surface area contributed by atoms with Crippen LogP contribution >= 0.6 is 11.3 Å². The van der Waals surface area contributed by atoms with Crippen LogP contribution in [0.5, 0.6) is 0 Å². The number of thiazole rings is 1. The normalized spacial score (nSPS) is 8.40. The predicted molar refractivity (Wildman–Crippen MR) is 34.6 cm³/mol. The van der Waals surface area contributed by atoms with Crippen LogP contribution in [0.15, 0.2) is 16.6 Å². The minimum Gasteiger partial charge on any atom is -0.263 e. The van der Waals surface area contributed by atoms with E-state index in [-0.39, 0.29) is 5.01 Å². The Labute approximate surface area is 60.2 Å². The van der Waals surface area contributed by atoms with Gasteiger partial charge in [0.25, 0.3) is 0 Å². The molecule has 0 N–H and O–H groups in total. The number of rotatable bonds is 1. The second-order valence-corrected chi connectivity index (χ2v) is 2.24. The summed E-state index contributed by atoms with van der Waals surface area (Å²) in [5, 5.41) is 1.84. The van der Waals surface area contributed by atoms with Gasteiger partial charge < -0.3 is 0 Å². The molecule has 0 aliphatic carbocycles. The fourth-order valence-corrected chi connectivity index (χ4v) is 0.937. The van der Waals surface area contributed by atoms with Crippen LogP contribution in [0.1, 0.15) is 9.80 Å². The molecule has 0 unspecified atom stereocenters. The highest BCUT2D eigenvalue weighted by Crippen LogP contribution is 2.04. The summed E-state index contributed by atoms with van der Waals surface area (Å²) in [5.41, 5.74) is 0. The third-order valence-corrected chi connectivity index (χ3v) is 1.52. The van der Waals surface area contributed by atoms with Gasteiger partial charge in [0, 0.05) is 11.6 Å². The summed E-state index contributed by atoms with van der Waals surface area (Å²) in [6, 6.07) is 0. The number of aliphatic imine (C=N–C) groups is 1. The molecule has 4 nitrogen and oxygen atoms in total. The molecular formula is C5H2N2O2S. The molecule has 10 heavy (non-hydrogen) atoms. The Morgan fingerprint density at radius 3 is 3.10 bits per heavy atom. The number of isocyanates is 1. The zero-order valence-electron chi connectivity index (χ0n) is 4.77. The Balaban J connectivity index is 2.87. The number of nitrogens with zero attached hydrogens (tertiary/aromatic N) is 2. The molecule has 0 spiro atoms. The van der Waals surface area contributed by atoms with Crippen molar-refractivity contribution in [2.45, 2.75) is 0 Å². The number of amides is 1. The van der Waals surface area contributed by atoms with Gasteiger partial charge in [-0.2, -0.15) is 0 Å². The van der Waals surface area contributed by atoms with Gasteiger partial charge in [0.05, 0.1) is 0 Å². The molecule has 1 aromatic heterocycles. The van der Waals surface area contributed by atoms with E-state index in [1.165, 1.54) is 6.20 Å². The lowest BCUT2D eigenvalue weighted by molar-refractivity contribution is 0.100. The van der Waals surface area contributed by atoms with Gasteiger partial charge in [0.15, 0.2) is 5.01 Å². The molecule has 5 heteroatoms. The summed E-state index contributed by atoms with van der Waals surface area (Å²) in [6.45, 7) is 0. The molecule has 1 rings (SSSR count). The first-order chi connectivity index (χ1) is 4.84. The van der Waals surface area contributed by atoms with Gasteiger partial charge >= 0.3 is 5.91 Å². The van der Waals surface area contributed by atoms with Crippen LogP contribution in [0.25, 0.3) is 0 Å². The van der Waals surface area contributed by atoms with Crippen molar-refractivity contribution < 1.29 is 9.59 Å². The van der Waals surface area contributed by atoms with Crippen molar-refractivity contribution in [3.63, 3.8) is 0 Å². The van der Waals surface area contributed by atoms with Crippen molar-refractivity contribution in [2.75, 3.05) is 0 Å². The number of aromatic nitrogens is 1. The van der Waals surface area contributed by atoms with Crippen LogP contribution in [-0.2, 0) is 4.79 Å². The van der Waals surface area contributed by atoms with Crippen molar-refractivity contribution in [1.82, 2.24) is 4.98 Å². The number of carbonyl (C=O) groups excluding carboxylic acids is 2. The van der Waals surface area contributed by atoms with Gasteiger partial charge in [0.2, 0.25) is 6.08 Å². The predicted octanol–water partition coefficient (Wildman–Crippen LogP) is 0.619. The monoisotopic (exact) mass is 154 g/mol. The van der Waals surface area contributed by atoms with Gasteiger partial charge in [-0.15, -0.1) is 16.3 Å². The maximum Gasteiger partial charge on any atom is 0.316 e. The van der Waals surface area contributed by atoms with Crippen LogP contribution < -0.4 is 0 Å². The van der Waals surface area contributed by atoms with E-state index in [9.17, 15) is 9.59 Å². The van der Waals surface area contributed by atoms with Crippen LogP contribution in [0.4, 0.5) is 0 Å². The minimum absolute atomic E-state index is 0.211. The molecule has 1 aromatic rings. The van der Waals surface area contributed by atoms with Crippen molar-refractivity contribution in [1.29, 1.82) is 0 Å². The Kier molecular flexibility index (Phi) is 2.04. The van der Waals surface area contributed by atoms with Gasteiger partial charge in [-0.25, -0.2) is 9.78 Å². The van der Waals surface area contributed by atoms with E-state index in [1.807, 2.05) is 0 Å². The Bertz CT molecular complexity index is 274. The lowest BCUT2D eigenvalue weighted by Gasteiger charge is -1.78. The zero-order valence-corrected chi connectivity index (χ0v) is 5.59. The first kappa shape index (κ1) is 6.80. The SMILES string of the molecule is O=C=NC(=O)c1nccs1. The van der Waals surface area contributed by atoms with Gasteiger partial charge in [-0.05, 0) is 0 Å². The van der Waals surface area contributed by atoms with E-state index >= 15 is 0 Å². The zero-order chi connectivity index (χ0) is 7.40. The molecule has 0 bridgehead atoms. The molecule has 0 saturated heterocycles. The third-order valence-electron chi connectivity index (χ3n) is 0.762. The fraction of sp³-hybridized carbons (Fsp3) is 0. The smallest absolute Gasteiger partial charge is 0.263 e. The molecule has 0 aromatic carbocycles. The molecule has 0 fully saturated rings. The van der Waals surface area contributed by atoms with Crippen LogP contribution in [-0.4, -0.2) is 17.0 Å². The van der Waals surface area contributed by atoms with E-state index in [4.69, 9.17) is 0 Å². The quantitative estimate of drug-likeness (QED) is 0.440. The first-order valence-electron chi connectivity index (χ1n) is 2.36. The highest BCUT2D eigenvalue weighted by molar-refractivity contribution is 7.11. The summed E-state index contributed by atoms with van der Waals surface area (Å²) in [6.07, 6.45) is 2.62. The highest BCUT2D eigenvalue weighted by atomic mass is 32.1. The average Bonchev–Trinajstić information content (AvgIpc) is 2.38. The van der Waals surface area contributed by atoms with E-state index in [0.29, 0.717) is 0 Å². The van der Waals surface area contributed by atoms with Gasteiger partial charge in [0.1, 0.15) is 0 Å². The van der Waals surface area contributed by atoms with E-state index < -0.39 is 5.91 Å². The molecule has 0 aliphatic rings. The molecule has 1 amide bonds. The first-order valence-corrected chi connectivity index (χ1v) is 3.24. The molecule has 50 valence electrons. The van der Waals surface area contributed by atoms with Crippen LogP contribution in [0, 0.1) is 0 Å². The van der Waals surface area contributed by atoms with Crippen molar-refractivity contribution in [2.24, 2.45) is 4.99 Å². The fourth-order valence-electron chi connectivity index (χ4n) is 0.418. The highest BCUT2D eigenvalue weighted by Gasteiger charge is 2.04. The van der Waals surface area contributed by atoms with Crippen LogP contribution in [0.3, 0.4) is 0 Å². The number of hydrogen-bond acceptors (Lipinski definition) is 4. The Hall–Kier alpha value is -1.32. The van der Waals surface area contributed by atoms with Crippen molar-refractivity contribution in [3.8, 4) is 0 Å². The Morgan fingerprint density at radius 2 is 2.60 bits per heavy atom. The Morgan fingerprint density at radius 1 is 1.80 bits per heavy atom. The lowest BCUT2D eigenvalue weighted by Crippen LogP contribution is -1.91. The summed E-state index contributed by atoms with van der Waals surface area (Å²) >= 11 is 1.14. The van der Waals surface area contributed by atoms with Gasteiger partial charge in [-0.3, -0.25) is 4.79 Å². The van der Waals surface area contributed by atoms with E-state index in [1.54, 1.807) is 5.38 Å². The molecule has 1 heterocycles. The number of hydrogen-bond donors (Lipinski definition) is 0. The summed E-state index contributed by atoms with van der Waals surface area (Å²) in [4.78, 5) is 26.7. The van der Waals surface area contributed by atoms with E-state index in [2.05, 4.69) is 9.98 Å². The number of carbonyl (C=O) groups is 1. The van der Waals surface area contributed by atoms with Crippen molar-refractivity contribution in [3.05, 3.63) is 16.6 Å². The molecule has 0 aliphatic heterocycles. The largest absolute Gasteiger partial charge is 0.316 e. The molecule has 0 radical (unpaired) electrons. The standard InChI is InChI=1S/C5H2N2O2S/c8-3-7-4(9)5-6-1-2-10-5/h1-2H.